The monoisotopic (exact) mass is 437 g/mol. The summed E-state index contributed by atoms with van der Waals surface area (Å²) in [6, 6.07) is 12.5. The van der Waals surface area contributed by atoms with E-state index in [-0.39, 0.29) is 10.8 Å². The Hall–Kier alpha value is -3.50. The van der Waals surface area contributed by atoms with Crippen molar-refractivity contribution in [3.05, 3.63) is 72.0 Å². The van der Waals surface area contributed by atoms with Crippen molar-refractivity contribution in [2.45, 2.75) is 10.9 Å². The number of carbonyl (C=O) groups is 1. The molecular weight excluding hydrogens is 422 g/mol. The Kier molecular flexibility index (Phi) is 4.37. The zero-order chi connectivity index (χ0) is 20.7. The van der Waals surface area contributed by atoms with E-state index in [1.807, 2.05) is 12.1 Å². The lowest BCUT2D eigenvalue weighted by Gasteiger charge is -2.14. The summed E-state index contributed by atoms with van der Waals surface area (Å²) in [5.41, 5.74) is 5.27. The lowest BCUT2D eigenvalue weighted by atomic mass is 10.1. The second-order valence-corrected chi connectivity index (χ2v) is 9.20. The van der Waals surface area contributed by atoms with Crippen LogP contribution in [0.2, 0.25) is 0 Å². The van der Waals surface area contributed by atoms with Gasteiger partial charge in [-0.15, -0.1) is 11.3 Å². The van der Waals surface area contributed by atoms with Gasteiger partial charge < -0.3 is 10.6 Å². The summed E-state index contributed by atoms with van der Waals surface area (Å²) in [7, 11) is -3.73. The van der Waals surface area contributed by atoms with Crippen molar-refractivity contribution >= 4 is 54.5 Å². The Balaban J connectivity index is 1.40. The Morgan fingerprint density at radius 1 is 0.967 bits per heavy atom. The molecule has 1 atom stereocenters. The molecule has 1 aliphatic heterocycles. The van der Waals surface area contributed by atoms with Gasteiger partial charge in [-0.1, -0.05) is 0 Å². The number of anilines is 3. The van der Waals surface area contributed by atoms with Crippen LogP contribution in [0.4, 0.5) is 17.1 Å². The summed E-state index contributed by atoms with van der Waals surface area (Å²) >= 11 is 1.48. The number of nitrogens with zero attached hydrogens (tertiary/aromatic N) is 2. The summed E-state index contributed by atoms with van der Waals surface area (Å²) in [6.07, 6.45) is 3.02. The van der Waals surface area contributed by atoms with Gasteiger partial charge in [-0.05, 0) is 48.5 Å². The maximum Gasteiger partial charge on any atom is 0.261 e. The third-order valence-corrected chi connectivity index (χ3v) is 7.03. The van der Waals surface area contributed by atoms with Gasteiger partial charge in [0.25, 0.3) is 15.9 Å². The van der Waals surface area contributed by atoms with Crippen LogP contribution in [0.5, 0.6) is 0 Å². The minimum atomic E-state index is -3.73. The van der Waals surface area contributed by atoms with E-state index in [9.17, 15) is 13.2 Å². The number of rotatable bonds is 5. The molecule has 2 aromatic heterocycles. The van der Waals surface area contributed by atoms with Crippen molar-refractivity contribution in [1.29, 1.82) is 0 Å². The molecule has 3 heterocycles. The van der Waals surface area contributed by atoms with Crippen LogP contribution in [0.3, 0.4) is 0 Å². The number of amides is 1. The van der Waals surface area contributed by atoms with Crippen molar-refractivity contribution in [2.24, 2.45) is 0 Å². The second kappa shape index (κ2) is 7.08. The van der Waals surface area contributed by atoms with Crippen molar-refractivity contribution in [1.82, 2.24) is 9.97 Å². The number of benzene rings is 2. The molecule has 1 amide bonds. The van der Waals surface area contributed by atoms with Gasteiger partial charge in [0, 0.05) is 29.3 Å². The van der Waals surface area contributed by atoms with E-state index in [1.165, 1.54) is 35.9 Å². The molecule has 1 unspecified atom stereocenters. The molecule has 0 fully saturated rings. The summed E-state index contributed by atoms with van der Waals surface area (Å²) in [6.45, 7) is 0. The third-order valence-electron chi connectivity index (χ3n) is 4.75. The largest absolute Gasteiger partial charge is 0.370 e. The van der Waals surface area contributed by atoms with Crippen LogP contribution in [0.25, 0.3) is 10.2 Å². The predicted molar refractivity (Wildman–Crippen MR) is 116 cm³/mol. The Labute approximate surface area is 176 Å². The van der Waals surface area contributed by atoms with Gasteiger partial charge in [-0.3, -0.25) is 14.5 Å². The van der Waals surface area contributed by atoms with Crippen molar-refractivity contribution < 1.29 is 13.2 Å². The van der Waals surface area contributed by atoms with Gasteiger partial charge in [-0.2, -0.15) is 0 Å². The molecule has 2 aromatic carbocycles. The van der Waals surface area contributed by atoms with E-state index in [0.717, 1.165) is 21.5 Å². The van der Waals surface area contributed by atoms with Gasteiger partial charge in [0.2, 0.25) is 0 Å². The topological polar surface area (TPSA) is 113 Å². The van der Waals surface area contributed by atoms with E-state index in [0.29, 0.717) is 11.4 Å². The maximum absolute atomic E-state index is 12.6. The lowest BCUT2D eigenvalue weighted by Crippen LogP contribution is -2.20. The van der Waals surface area contributed by atoms with E-state index in [2.05, 4.69) is 25.3 Å². The lowest BCUT2D eigenvalue weighted by molar-refractivity contribution is -0.116. The fourth-order valence-electron chi connectivity index (χ4n) is 3.35. The molecule has 30 heavy (non-hydrogen) atoms. The summed E-state index contributed by atoms with van der Waals surface area (Å²) in [4.78, 5) is 20.8. The average molecular weight is 438 g/mol. The molecule has 10 heteroatoms. The summed E-state index contributed by atoms with van der Waals surface area (Å²) in [5, 5.41) is 6.08. The number of sulfonamides is 1. The fourth-order valence-corrected chi connectivity index (χ4v) is 5.28. The number of thiazole rings is 1. The number of hydrogen-bond donors (Lipinski definition) is 3. The number of hydrogen-bond acceptors (Lipinski definition) is 7. The first-order valence-corrected chi connectivity index (χ1v) is 11.3. The van der Waals surface area contributed by atoms with Gasteiger partial charge in [0.1, 0.15) is 6.04 Å². The van der Waals surface area contributed by atoms with Crippen LogP contribution in [-0.4, -0.2) is 24.3 Å². The standard InChI is InChI=1S/C20H15N5O3S2/c26-20-18(17-15(24-20)5-6-16-19(17)29-11-22-16)23-12-1-3-14(4-2-12)30(27,28)25-13-7-9-21-10-8-13/h1-11,18,23H,(H,21,25)(H,24,26). The zero-order valence-corrected chi connectivity index (χ0v) is 17.0. The summed E-state index contributed by atoms with van der Waals surface area (Å²) < 4.78 is 28.6. The molecule has 0 bridgehead atoms. The average Bonchev–Trinajstić information content (AvgIpc) is 3.33. The first kappa shape index (κ1) is 18.5. The Morgan fingerprint density at radius 3 is 2.50 bits per heavy atom. The van der Waals surface area contributed by atoms with Gasteiger partial charge in [0.15, 0.2) is 0 Å². The van der Waals surface area contributed by atoms with E-state index >= 15 is 0 Å². The van der Waals surface area contributed by atoms with Crippen LogP contribution in [-0.2, 0) is 14.8 Å². The highest BCUT2D eigenvalue weighted by molar-refractivity contribution is 7.92. The molecule has 4 aromatic rings. The van der Waals surface area contributed by atoms with Gasteiger partial charge in [0.05, 0.1) is 26.3 Å². The molecule has 0 aliphatic carbocycles. The number of pyridine rings is 1. The summed E-state index contributed by atoms with van der Waals surface area (Å²) in [5.74, 6) is -0.165. The molecule has 8 nitrogen and oxygen atoms in total. The van der Waals surface area contributed by atoms with Crippen LogP contribution in [0.15, 0.2) is 71.3 Å². The predicted octanol–water partition coefficient (Wildman–Crippen LogP) is 3.60. The highest BCUT2D eigenvalue weighted by atomic mass is 32.2. The Bertz CT molecular complexity index is 1350. The molecule has 0 saturated carbocycles. The Morgan fingerprint density at radius 2 is 1.73 bits per heavy atom. The molecule has 150 valence electrons. The first-order valence-electron chi connectivity index (χ1n) is 8.98. The molecular formula is C20H15N5O3S2. The fraction of sp³-hybridized carbons (Fsp3) is 0.0500. The molecule has 1 aliphatic rings. The highest BCUT2D eigenvalue weighted by Crippen LogP contribution is 2.40. The number of fused-ring (bicyclic) bond motifs is 3. The third kappa shape index (κ3) is 3.25. The number of aromatic nitrogens is 2. The quantitative estimate of drug-likeness (QED) is 0.440. The minimum Gasteiger partial charge on any atom is -0.370 e. The van der Waals surface area contributed by atoms with Crippen molar-refractivity contribution in [2.75, 3.05) is 15.4 Å². The van der Waals surface area contributed by atoms with Crippen LogP contribution < -0.4 is 15.4 Å². The number of nitrogens with one attached hydrogen (secondary N) is 3. The van der Waals surface area contributed by atoms with Crippen LogP contribution >= 0.6 is 11.3 Å². The van der Waals surface area contributed by atoms with Crippen LogP contribution in [0, 0.1) is 0 Å². The smallest absolute Gasteiger partial charge is 0.261 e. The SMILES string of the molecule is O=C1Nc2ccc3ncsc3c2C1Nc1ccc(S(=O)(=O)Nc2ccncc2)cc1. The van der Waals surface area contributed by atoms with Gasteiger partial charge in [-0.25, -0.2) is 13.4 Å². The highest BCUT2D eigenvalue weighted by Gasteiger charge is 2.33. The molecule has 3 N–H and O–H groups in total. The zero-order valence-electron chi connectivity index (χ0n) is 15.4. The maximum atomic E-state index is 12.6. The normalized spacial score (nSPS) is 15.6. The van der Waals surface area contributed by atoms with E-state index in [4.69, 9.17) is 0 Å². The first-order chi connectivity index (χ1) is 14.5. The van der Waals surface area contributed by atoms with Crippen molar-refractivity contribution in [3.63, 3.8) is 0 Å². The van der Waals surface area contributed by atoms with E-state index in [1.54, 1.807) is 29.8 Å². The van der Waals surface area contributed by atoms with E-state index < -0.39 is 16.1 Å². The molecule has 0 saturated heterocycles. The molecule has 5 rings (SSSR count). The van der Waals surface area contributed by atoms with Crippen molar-refractivity contribution in [3.8, 4) is 0 Å². The number of carbonyl (C=O) groups excluding carboxylic acids is 1. The molecule has 0 radical (unpaired) electrons. The van der Waals surface area contributed by atoms with Gasteiger partial charge >= 0.3 is 0 Å². The minimum absolute atomic E-state index is 0.117. The molecule has 0 spiro atoms. The van der Waals surface area contributed by atoms with Crippen LogP contribution in [0.1, 0.15) is 11.6 Å². The second-order valence-electron chi connectivity index (χ2n) is 6.66.